The molecule has 0 N–H and O–H groups in total. The Balaban J connectivity index is 1.29. The summed E-state index contributed by atoms with van der Waals surface area (Å²) in [5.74, 6) is 2.81. The predicted octanol–water partition coefficient (Wildman–Crippen LogP) is 5.08. The zero-order chi connectivity index (χ0) is 19.4. The number of allylic oxidation sites excluding steroid dienone is 1. The number of rotatable bonds is 4. The molecule has 1 saturated carbocycles. The fourth-order valence-electron chi connectivity index (χ4n) is 4.80. The van der Waals surface area contributed by atoms with Gasteiger partial charge in [0.05, 0.1) is 0 Å². The molecular formula is C23H25ClN4O. The summed E-state index contributed by atoms with van der Waals surface area (Å²) >= 11 is 6.90. The molecule has 1 aliphatic carbocycles. The van der Waals surface area contributed by atoms with Gasteiger partial charge >= 0.3 is 0 Å². The van der Waals surface area contributed by atoms with Crippen LogP contribution in [-0.2, 0) is 11.2 Å². The first kappa shape index (κ1) is 17.7. The molecule has 3 aliphatic rings. The summed E-state index contributed by atoms with van der Waals surface area (Å²) in [6, 6.07) is 9.51. The Kier molecular flexibility index (Phi) is 4.27. The van der Waals surface area contributed by atoms with Crippen LogP contribution in [0.2, 0.25) is 0 Å². The lowest BCUT2D eigenvalue weighted by Crippen LogP contribution is -2.18. The molecule has 0 radical (unpaired) electrons. The van der Waals surface area contributed by atoms with Gasteiger partial charge in [0.1, 0.15) is 11.2 Å². The zero-order valence-electron chi connectivity index (χ0n) is 16.4. The molecule has 29 heavy (non-hydrogen) atoms. The van der Waals surface area contributed by atoms with Crippen molar-refractivity contribution in [3.05, 3.63) is 53.8 Å². The van der Waals surface area contributed by atoms with Crippen molar-refractivity contribution in [2.45, 2.75) is 49.4 Å². The highest BCUT2D eigenvalue weighted by atomic mass is 35.5. The molecule has 2 unspecified atom stereocenters. The summed E-state index contributed by atoms with van der Waals surface area (Å²) in [6.07, 6.45) is 12.4. The van der Waals surface area contributed by atoms with Crippen molar-refractivity contribution in [2.24, 2.45) is 5.92 Å². The molecule has 2 atom stereocenters. The SMILES string of the molecule is ClC1c2nnc(CC3CC3)n2C=CC1c1ccc2c(ccn2C2CCOCC2)c1. The second-order valence-electron chi connectivity index (χ2n) is 8.65. The Morgan fingerprint density at radius 1 is 1.07 bits per heavy atom. The van der Waals surface area contributed by atoms with Crippen molar-refractivity contribution < 1.29 is 4.74 Å². The van der Waals surface area contributed by atoms with E-state index in [1.54, 1.807) is 0 Å². The van der Waals surface area contributed by atoms with Gasteiger partial charge in [0, 0.05) is 49.5 Å². The van der Waals surface area contributed by atoms with Crippen molar-refractivity contribution >= 4 is 28.7 Å². The first-order chi connectivity index (χ1) is 14.3. The number of benzene rings is 1. The highest BCUT2D eigenvalue weighted by Crippen LogP contribution is 2.42. The third kappa shape index (κ3) is 3.11. The van der Waals surface area contributed by atoms with Crippen LogP contribution in [0.1, 0.15) is 60.2 Å². The summed E-state index contributed by atoms with van der Waals surface area (Å²) in [4.78, 5) is 0. The van der Waals surface area contributed by atoms with Crippen molar-refractivity contribution in [2.75, 3.05) is 13.2 Å². The Hall–Kier alpha value is -2.11. The summed E-state index contributed by atoms with van der Waals surface area (Å²) in [5, 5.41) is 9.93. The maximum Gasteiger partial charge on any atom is 0.156 e. The standard InChI is InChI=1S/C23H25ClN4O/c24-22-19(6-10-28-21(13-15-1-2-15)25-26-23(22)28)16-3-4-20-17(14-16)5-9-27(20)18-7-11-29-12-8-18/h3-6,9-10,14-15,18-19,22H,1-2,7-8,11-13H2. The van der Waals surface area contributed by atoms with E-state index in [0.717, 1.165) is 50.0 Å². The molecule has 0 bridgehead atoms. The molecule has 2 aliphatic heterocycles. The molecule has 3 aromatic rings. The maximum atomic E-state index is 6.90. The minimum Gasteiger partial charge on any atom is -0.381 e. The average Bonchev–Trinajstić information content (AvgIpc) is 3.32. The Morgan fingerprint density at radius 3 is 2.76 bits per heavy atom. The van der Waals surface area contributed by atoms with Crippen LogP contribution in [0.15, 0.2) is 36.5 Å². The number of hydrogen-bond donors (Lipinski definition) is 0. The second-order valence-corrected chi connectivity index (χ2v) is 9.12. The van der Waals surface area contributed by atoms with Gasteiger partial charge in [0.2, 0.25) is 0 Å². The van der Waals surface area contributed by atoms with Crippen LogP contribution >= 0.6 is 11.6 Å². The van der Waals surface area contributed by atoms with Crippen molar-refractivity contribution in [3.63, 3.8) is 0 Å². The predicted molar refractivity (Wildman–Crippen MR) is 114 cm³/mol. The van der Waals surface area contributed by atoms with Crippen molar-refractivity contribution in [1.82, 2.24) is 19.3 Å². The summed E-state index contributed by atoms with van der Waals surface area (Å²) in [6.45, 7) is 1.71. The topological polar surface area (TPSA) is 44.9 Å². The number of aromatic nitrogens is 4. The molecule has 1 aromatic carbocycles. The van der Waals surface area contributed by atoms with E-state index >= 15 is 0 Å². The van der Waals surface area contributed by atoms with Gasteiger partial charge in [-0.05, 0) is 60.7 Å². The largest absolute Gasteiger partial charge is 0.381 e. The normalized spacial score (nSPS) is 24.9. The van der Waals surface area contributed by atoms with E-state index in [-0.39, 0.29) is 11.3 Å². The van der Waals surface area contributed by atoms with Gasteiger partial charge in [0.25, 0.3) is 0 Å². The van der Waals surface area contributed by atoms with Gasteiger partial charge in [-0.3, -0.25) is 4.57 Å². The van der Waals surface area contributed by atoms with Gasteiger partial charge in [-0.2, -0.15) is 0 Å². The van der Waals surface area contributed by atoms with Crippen LogP contribution in [0.3, 0.4) is 0 Å². The fraction of sp³-hybridized carbons (Fsp3) is 0.478. The fourth-order valence-corrected chi connectivity index (χ4v) is 5.17. The molecule has 5 nitrogen and oxygen atoms in total. The second kappa shape index (κ2) is 6.99. The summed E-state index contributed by atoms with van der Waals surface area (Å²) in [5.41, 5.74) is 2.53. The van der Waals surface area contributed by atoms with E-state index in [1.807, 2.05) is 0 Å². The third-order valence-corrected chi connectivity index (χ3v) is 7.15. The molecule has 2 fully saturated rings. The van der Waals surface area contributed by atoms with Gasteiger partial charge < -0.3 is 9.30 Å². The van der Waals surface area contributed by atoms with E-state index in [4.69, 9.17) is 16.3 Å². The maximum absolute atomic E-state index is 6.90. The highest BCUT2D eigenvalue weighted by Gasteiger charge is 2.32. The molecular weight excluding hydrogens is 384 g/mol. The van der Waals surface area contributed by atoms with Gasteiger partial charge in [-0.1, -0.05) is 12.1 Å². The summed E-state index contributed by atoms with van der Waals surface area (Å²) in [7, 11) is 0. The van der Waals surface area contributed by atoms with Crippen LogP contribution in [0.4, 0.5) is 0 Å². The average molecular weight is 409 g/mol. The smallest absolute Gasteiger partial charge is 0.156 e. The first-order valence-electron chi connectivity index (χ1n) is 10.7. The van der Waals surface area contributed by atoms with Crippen molar-refractivity contribution in [3.8, 4) is 0 Å². The zero-order valence-corrected chi connectivity index (χ0v) is 17.1. The van der Waals surface area contributed by atoms with Crippen LogP contribution in [-0.4, -0.2) is 32.5 Å². The number of nitrogens with zero attached hydrogens (tertiary/aromatic N) is 4. The van der Waals surface area contributed by atoms with Crippen LogP contribution in [0.5, 0.6) is 0 Å². The van der Waals surface area contributed by atoms with Gasteiger partial charge in [0.15, 0.2) is 5.82 Å². The molecule has 0 amide bonds. The number of hydrogen-bond acceptors (Lipinski definition) is 3. The lowest BCUT2D eigenvalue weighted by molar-refractivity contribution is 0.0707. The van der Waals surface area contributed by atoms with E-state index in [2.05, 4.69) is 62.1 Å². The van der Waals surface area contributed by atoms with Crippen LogP contribution in [0, 0.1) is 5.92 Å². The quantitative estimate of drug-likeness (QED) is 0.565. The minimum absolute atomic E-state index is 0.109. The Morgan fingerprint density at radius 2 is 1.93 bits per heavy atom. The Bertz CT molecular complexity index is 1070. The number of ether oxygens (including phenoxy) is 1. The molecule has 0 spiro atoms. The van der Waals surface area contributed by atoms with Gasteiger partial charge in [-0.25, -0.2) is 0 Å². The lowest BCUT2D eigenvalue weighted by Gasteiger charge is -2.25. The first-order valence-corrected chi connectivity index (χ1v) is 11.2. The van der Waals surface area contributed by atoms with Crippen molar-refractivity contribution in [1.29, 1.82) is 0 Å². The minimum atomic E-state index is -0.199. The third-order valence-electron chi connectivity index (χ3n) is 6.68. The van der Waals surface area contributed by atoms with E-state index < -0.39 is 0 Å². The van der Waals surface area contributed by atoms with E-state index in [1.165, 1.54) is 29.3 Å². The van der Waals surface area contributed by atoms with Gasteiger partial charge in [-0.15, -0.1) is 21.8 Å². The summed E-state index contributed by atoms with van der Waals surface area (Å²) < 4.78 is 10.0. The van der Waals surface area contributed by atoms with Crippen LogP contribution < -0.4 is 0 Å². The number of halogens is 1. The lowest BCUT2D eigenvalue weighted by atomic mass is 9.92. The molecule has 4 heterocycles. The van der Waals surface area contributed by atoms with E-state index in [0.29, 0.717) is 6.04 Å². The molecule has 150 valence electrons. The number of alkyl halides is 1. The monoisotopic (exact) mass is 408 g/mol. The molecule has 6 heteroatoms. The number of fused-ring (bicyclic) bond motifs is 2. The Labute approximate surface area is 175 Å². The van der Waals surface area contributed by atoms with E-state index in [9.17, 15) is 0 Å². The molecule has 1 saturated heterocycles. The molecule has 2 aromatic heterocycles. The van der Waals surface area contributed by atoms with Crippen LogP contribution in [0.25, 0.3) is 17.1 Å². The molecule has 6 rings (SSSR count). The highest BCUT2D eigenvalue weighted by molar-refractivity contribution is 6.21.